The second-order valence-corrected chi connectivity index (χ2v) is 5.96. The zero-order valence-corrected chi connectivity index (χ0v) is 11.0. The number of rotatable bonds is 8. The molecule has 0 radical (unpaired) electrons. The van der Waals surface area contributed by atoms with Gasteiger partial charge in [-0.3, -0.25) is 9.05 Å². The first-order valence-corrected chi connectivity index (χ1v) is 6.69. The van der Waals surface area contributed by atoms with E-state index in [-0.39, 0.29) is 13.2 Å². The summed E-state index contributed by atoms with van der Waals surface area (Å²) in [6, 6.07) is 0. The predicted octanol–water partition coefficient (Wildman–Crippen LogP) is 1.63. The van der Waals surface area contributed by atoms with Crippen molar-refractivity contribution in [1.29, 1.82) is 0 Å². The van der Waals surface area contributed by atoms with Crippen molar-refractivity contribution in [2.24, 2.45) is 0 Å². The van der Waals surface area contributed by atoms with Crippen molar-refractivity contribution in [3.8, 4) is 0 Å². The molecule has 0 amide bonds. The number of unbranched alkanes of at least 4 members (excludes halogenated alkanes) is 1. The SMILES string of the molecule is CCCCOP(=O)(O)OCC[N+](C)(C)C. The van der Waals surface area contributed by atoms with Crippen molar-refractivity contribution < 1.29 is 23.0 Å². The molecular formula is C9H23NO4P+. The highest BCUT2D eigenvalue weighted by Crippen LogP contribution is 2.43. The third-order valence-corrected chi connectivity index (χ3v) is 2.79. The van der Waals surface area contributed by atoms with Crippen LogP contribution < -0.4 is 0 Å². The Bertz CT molecular complexity index is 215. The maximum absolute atomic E-state index is 11.3. The second-order valence-electron chi connectivity index (χ2n) is 4.50. The Kier molecular flexibility index (Phi) is 6.64. The first-order valence-electron chi connectivity index (χ1n) is 5.19. The van der Waals surface area contributed by atoms with Crippen LogP contribution in [0.3, 0.4) is 0 Å². The molecule has 1 N–H and O–H groups in total. The molecule has 0 fully saturated rings. The third kappa shape index (κ3) is 10.4. The Morgan fingerprint density at radius 1 is 1.20 bits per heavy atom. The van der Waals surface area contributed by atoms with Crippen LogP contribution in [0.2, 0.25) is 0 Å². The summed E-state index contributed by atoms with van der Waals surface area (Å²) < 4.78 is 21.6. The number of quaternary nitrogens is 1. The lowest BCUT2D eigenvalue weighted by molar-refractivity contribution is -0.870. The number of hydrogen-bond donors (Lipinski definition) is 1. The van der Waals surface area contributed by atoms with Gasteiger partial charge in [0.1, 0.15) is 13.2 Å². The average Bonchev–Trinajstić information content (AvgIpc) is 2.01. The summed E-state index contributed by atoms with van der Waals surface area (Å²) in [5.41, 5.74) is 0. The van der Waals surface area contributed by atoms with Crippen LogP contribution in [0.25, 0.3) is 0 Å². The van der Waals surface area contributed by atoms with E-state index in [0.29, 0.717) is 11.0 Å². The highest BCUT2D eigenvalue weighted by Gasteiger charge is 2.21. The molecule has 0 heterocycles. The van der Waals surface area contributed by atoms with Crippen LogP contribution in [0, 0.1) is 0 Å². The van der Waals surface area contributed by atoms with Crippen molar-refractivity contribution in [2.45, 2.75) is 19.8 Å². The number of nitrogens with zero attached hydrogens (tertiary/aromatic N) is 1. The molecule has 15 heavy (non-hydrogen) atoms. The van der Waals surface area contributed by atoms with E-state index in [0.717, 1.165) is 12.8 Å². The van der Waals surface area contributed by atoms with Gasteiger partial charge in [0.2, 0.25) is 0 Å². The quantitative estimate of drug-likeness (QED) is 0.398. The van der Waals surface area contributed by atoms with Gasteiger partial charge in [0, 0.05) is 0 Å². The van der Waals surface area contributed by atoms with Gasteiger partial charge in [0.05, 0.1) is 27.7 Å². The summed E-state index contributed by atoms with van der Waals surface area (Å²) in [4.78, 5) is 9.24. The molecule has 0 saturated heterocycles. The molecule has 0 aliphatic heterocycles. The molecule has 0 aromatic rings. The van der Waals surface area contributed by atoms with Gasteiger partial charge >= 0.3 is 7.82 Å². The predicted molar refractivity (Wildman–Crippen MR) is 59.5 cm³/mol. The zero-order valence-electron chi connectivity index (χ0n) is 10.1. The Morgan fingerprint density at radius 3 is 2.20 bits per heavy atom. The summed E-state index contributed by atoms with van der Waals surface area (Å²) in [6.45, 7) is 3.16. The fourth-order valence-corrected chi connectivity index (χ4v) is 1.54. The highest BCUT2D eigenvalue weighted by molar-refractivity contribution is 7.47. The van der Waals surface area contributed by atoms with E-state index in [1.807, 2.05) is 28.1 Å². The molecule has 1 atom stereocenters. The largest absolute Gasteiger partial charge is 0.472 e. The molecule has 0 aliphatic rings. The van der Waals surface area contributed by atoms with Crippen molar-refractivity contribution in [2.75, 3.05) is 40.9 Å². The van der Waals surface area contributed by atoms with Gasteiger partial charge in [-0.2, -0.15) is 0 Å². The Morgan fingerprint density at radius 2 is 1.73 bits per heavy atom. The maximum Gasteiger partial charge on any atom is 0.472 e. The van der Waals surface area contributed by atoms with Crippen LogP contribution in [0.1, 0.15) is 19.8 Å². The molecule has 0 aromatic carbocycles. The number of likely N-dealkylation sites (N-methyl/N-ethyl adjacent to an activating group) is 1. The first kappa shape index (κ1) is 15.1. The van der Waals surface area contributed by atoms with Crippen molar-refractivity contribution in [1.82, 2.24) is 0 Å². The summed E-state index contributed by atoms with van der Waals surface area (Å²) in [5.74, 6) is 0. The lowest BCUT2D eigenvalue weighted by Gasteiger charge is -2.23. The fourth-order valence-electron chi connectivity index (χ4n) is 0.792. The number of phosphoric ester groups is 1. The molecule has 0 bridgehead atoms. The van der Waals surface area contributed by atoms with Crippen LogP contribution >= 0.6 is 7.82 Å². The van der Waals surface area contributed by atoms with Crippen molar-refractivity contribution in [3.05, 3.63) is 0 Å². The van der Waals surface area contributed by atoms with Crippen molar-refractivity contribution >= 4 is 7.82 Å². The van der Waals surface area contributed by atoms with Crippen molar-refractivity contribution in [3.63, 3.8) is 0 Å². The van der Waals surface area contributed by atoms with Gasteiger partial charge in [-0.25, -0.2) is 4.57 Å². The molecule has 5 nitrogen and oxygen atoms in total. The van der Waals surface area contributed by atoms with Crippen LogP contribution in [-0.2, 0) is 13.6 Å². The summed E-state index contributed by atoms with van der Waals surface area (Å²) in [5, 5.41) is 0. The minimum Gasteiger partial charge on any atom is -0.329 e. The minimum absolute atomic E-state index is 0.226. The number of phosphoric acid groups is 1. The first-order chi connectivity index (χ1) is 6.77. The van der Waals surface area contributed by atoms with Gasteiger partial charge in [-0.05, 0) is 6.42 Å². The summed E-state index contributed by atoms with van der Waals surface area (Å²) in [7, 11) is 2.15. The number of hydrogen-bond acceptors (Lipinski definition) is 3. The zero-order chi connectivity index (χ0) is 11.9. The van der Waals surface area contributed by atoms with Crippen LogP contribution in [0.4, 0.5) is 0 Å². The second kappa shape index (κ2) is 6.61. The normalized spacial score (nSPS) is 16.3. The van der Waals surface area contributed by atoms with Gasteiger partial charge < -0.3 is 9.38 Å². The molecule has 0 saturated carbocycles. The van der Waals surface area contributed by atoms with Gasteiger partial charge in [0.15, 0.2) is 0 Å². The van der Waals surface area contributed by atoms with E-state index in [1.165, 1.54) is 0 Å². The van der Waals surface area contributed by atoms with E-state index in [9.17, 15) is 9.46 Å². The summed E-state index contributed by atoms with van der Waals surface area (Å²) >= 11 is 0. The maximum atomic E-state index is 11.3. The van der Waals surface area contributed by atoms with Gasteiger partial charge in [-0.15, -0.1) is 0 Å². The lowest BCUT2D eigenvalue weighted by Crippen LogP contribution is -2.37. The van der Waals surface area contributed by atoms with E-state index in [1.54, 1.807) is 0 Å². The van der Waals surface area contributed by atoms with E-state index in [2.05, 4.69) is 0 Å². The van der Waals surface area contributed by atoms with E-state index >= 15 is 0 Å². The molecular weight excluding hydrogens is 217 g/mol. The van der Waals surface area contributed by atoms with E-state index < -0.39 is 7.82 Å². The molecule has 0 aromatic heterocycles. The molecule has 6 heteroatoms. The Hall–Kier alpha value is 0.0700. The molecule has 1 unspecified atom stereocenters. The van der Waals surface area contributed by atoms with Gasteiger partial charge in [-0.1, -0.05) is 13.3 Å². The van der Waals surface area contributed by atoms with Gasteiger partial charge in [0.25, 0.3) is 0 Å². The lowest BCUT2D eigenvalue weighted by atomic mass is 10.4. The summed E-state index contributed by atoms with van der Waals surface area (Å²) in [6.07, 6.45) is 1.70. The van der Waals surface area contributed by atoms with Crippen LogP contribution in [0.15, 0.2) is 0 Å². The fraction of sp³-hybridized carbons (Fsp3) is 1.00. The van der Waals surface area contributed by atoms with Crippen LogP contribution in [-0.4, -0.2) is 50.3 Å². The smallest absolute Gasteiger partial charge is 0.329 e. The third-order valence-electron chi connectivity index (χ3n) is 1.77. The van der Waals surface area contributed by atoms with Crippen LogP contribution in [0.5, 0.6) is 0 Å². The molecule has 92 valence electrons. The Labute approximate surface area is 92.2 Å². The molecule has 0 spiro atoms. The van der Waals surface area contributed by atoms with E-state index in [4.69, 9.17) is 9.05 Å². The topological polar surface area (TPSA) is 55.8 Å². The monoisotopic (exact) mass is 240 g/mol. The highest BCUT2D eigenvalue weighted by atomic mass is 31.2. The molecule has 0 rings (SSSR count). The minimum atomic E-state index is -3.82. The molecule has 0 aliphatic carbocycles. The standard InChI is InChI=1S/C9H22NO4P/c1-5-6-8-13-15(11,12)14-9-7-10(2,3)4/h5-9H2,1-4H3/p+1. The average molecular weight is 240 g/mol. The Balaban J connectivity index is 3.69.